The molecule has 21 heavy (non-hydrogen) atoms. The van der Waals surface area contributed by atoms with Crippen LogP contribution in [0.15, 0.2) is 12.4 Å². The molecule has 0 spiro atoms. The molecule has 1 saturated carbocycles. The van der Waals surface area contributed by atoms with Crippen molar-refractivity contribution in [3.8, 4) is 0 Å². The Morgan fingerprint density at radius 2 is 2.05 bits per heavy atom. The average molecular weight is 315 g/mol. The summed E-state index contributed by atoms with van der Waals surface area (Å²) in [6.07, 6.45) is 10.0. The Morgan fingerprint density at radius 3 is 2.57 bits per heavy atom. The molecule has 0 aliphatic heterocycles. The van der Waals surface area contributed by atoms with Gasteiger partial charge >= 0.3 is 0 Å². The van der Waals surface area contributed by atoms with Crippen LogP contribution >= 0.6 is 12.4 Å². The van der Waals surface area contributed by atoms with Crippen molar-refractivity contribution in [2.24, 2.45) is 13.0 Å². The molecule has 1 fully saturated rings. The van der Waals surface area contributed by atoms with Crippen molar-refractivity contribution in [3.63, 3.8) is 0 Å². The van der Waals surface area contributed by atoms with E-state index in [1.807, 2.05) is 20.3 Å². The van der Waals surface area contributed by atoms with Gasteiger partial charge in [0.05, 0.1) is 6.20 Å². The van der Waals surface area contributed by atoms with Crippen LogP contribution in [0.1, 0.15) is 50.6 Å². The maximum atomic E-state index is 12.4. The van der Waals surface area contributed by atoms with Crippen LogP contribution in [0, 0.1) is 5.92 Å². The smallest absolute Gasteiger partial charge is 0.242 e. The number of carbonyl (C=O) groups excluding carboxylic acids is 1. The van der Waals surface area contributed by atoms with E-state index in [2.05, 4.69) is 22.7 Å². The van der Waals surface area contributed by atoms with Gasteiger partial charge in [-0.1, -0.05) is 19.3 Å². The Kier molecular flexibility index (Phi) is 7.18. The lowest BCUT2D eigenvalue weighted by atomic mass is 9.84. The van der Waals surface area contributed by atoms with Crippen LogP contribution in [0.2, 0.25) is 0 Å². The van der Waals surface area contributed by atoms with E-state index in [0.717, 1.165) is 5.56 Å². The van der Waals surface area contributed by atoms with Crippen molar-refractivity contribution >= 4 is 18.3 Å². The van der Waals surface area contributed by atoms with Gasteiger partial charge in [0.1, 0.15) is 6.04 Å². The van der Waals surface area contributed by atoms with Crippen LogP contribution in [0.4, 0.5) is 0 Å². The molecule has 1 aromatic rings. The second kappa shape index (κ2) is 8.39. The predicted molar refractivity (Wildman–Crippen MR) is 86.4 cm³/mol. The second-order valence-electron chi connectivity index (χ2n) is 5.86. The van der Waals surface area contributed by atoms with E-state index in [0.29, 0.717) is 5.92 Å². The number of nitrogens with zero attached hydrogens (tertiary/aromatic N) is 2. The third-order valence-corrected chi connectivity index (χ3v) is 4.34. The Morgan fingerprint density at radius 1 is 1.38 bits per heavy atom. The lowest BCUT2D eigenvalue weighted by molar-refractivity contribution is -0.124. The number of aryl methyl sites for hydroxylation is 1. The van der Waals surface area contributed by atoms with Crippen LogP contribution in [0.5, 0.6) is 0 Å². The molecule has 1 amide bonds. The number of likely N-dealkylation sites (N-methyl/N-ethyl adjacent to an activating group) is 1. The van der Waals surface area contributed by atoms with Crippen molar-refractivity contribution in [1.29, 1.82) is 0 Å². The third kappa shape index (κ3) is 4.71. The van der Waals surface area contributed by atoms with E-state index in [1.54, 1.807) is 10.9 Å². The summed E-state index contributed by atoms with van der Waals surface area (Å²) in [5.41, 5.74) is 0.906. The van der Waals surface area contributed by atoms with Gasteiger partial charge < -0.3 is 10.6 Å². The highest BCUT2D eigenvalue weighted by atomic mass is 35.5. The number of halogens is 1. The first kappa shape index (κ1) is 18.0. The molecule has 2 unspecified atom stereocenters. The lowest BCUT2D eigenvalue weighted by Gasteiger charge is -2.29. The minimum Gasteiger partial charge on any atom is -0.352 e. The fraction of sp³-hybridized carbons (Fsp3) is 0.733. The number of hydrogen-bond acceptors (Lipinski definition) is 3. The Hall–Kier alpha value is -1.07. The minimum atomic E-state index is -0.324. The molecule has 1 aliphatic carbocycles. The first-order valence-electron chi connectivity index (χ1n) is 7.58. The van der Waals surface area contributed by atoms with E-state index >= 15 is 0 Å². The first-order valence-corrected chi connectivity index (χ1v) is 7.58. The summed E-state index contributed by atoms with van der Waals surface area (Å²) < 4.78 is 1.72. The summed E-state index contributed by atoms with van der Waals surface area (Å²) in [7, 11) is 3.67. The summed E-state index contributed by atoms with van der Waals surface area (Å²) >= 11 is 0. The molecule has 6 heteroatoms. The maximum absolute atomic E-state index is 12.4. The van der Waals surface area contributed by atoms with Gasteiger partial charge in [-0.15, -0.1) is 12.4 Å². The van der Waals surface area contributed by atoms with E-state index < -0.39 is 0 Å². The van der Waals surface area contributed by atoms with E-state index in [-0.39, 0.29) is 30.4 Å². The Bertz CT molecular complexity index is 443. The molecule has 1 heterocycles. The van der Waals surface area contributed by atoms with Crippen LogP contribution in [-0.4, -0.2) is 28.8 Å². The highest BCUT2D eigenvalue weighted by Gasteiger charge is 2.25. The zero-order valence-electron chi connectivity index (χ0n) is 13.1. The van der Waals surface area contributed by atoms with Crippen LogP contribution in [0.25, 0.3) is 0 Å². The number of carbonyl (C=O) groups is 1. The zero-order chi connectivity index (χ0) is 14.5. The SMILES string of the molecule is CNC(C(=O)NC(C)C1CCCCC1)c1cnn(C)c1.Cl. The normalized spacial score (nSPS) is 18.6. The zero-order valence-corrected chi connectivity index (χ0v) is 13.9. The Labute approximate surface area is 133 Å². The van der Waals surface area contributed by atoms with E-state index in [9.17, 15) is 4.79 Å². The molecule has 0 bridgehead atoms. The summed E-state index contributed by atoms with van der Waals surface area (Å²) in [6, 6.07) is -0.0786. The standard InChI is InChI=1S/C15H26N4O.ClH/c1-11(12-7-5-4-6-8-12)18-15(20)14(16-2)13-9-17-19(3)10-13;/h9-12,14,16H,4-8H2,1-3H3,(H,18,20);1H. The summed E-state index contributed by atoms with van der Waals surface area (Å²) in [6.45, 7) is 2.13. The highest BCUT2D eigenvalue weighted by Crippen LogP contribution is 2.26. The molecule has 2 atom stereocenters. The fourth-order valence-corrected chi connectivity index (χ4v) is 3.10. The van der Waals surface area contributed by atoms with Crippen LogP contribution < -0.4 is 10.6 Å². The molecular formula is C15H27ClN4O. The Balaban J connectivity index is 0.00000220. The molecule has 5 nitrogen and oxygen atoms in total. The topological polar surface area (TPSA) is 59.0 Å². The van der Waals surface area contributed by atoms with Crippen molar-refractivity contribution in [2.75, 3.05) is 7.05 Å². The molecule has 0 radical (unpaired) electrons. The molecule has 2 rings (SSSR count). The fourth-order valence-electron chi connectivity index (χ4n) is 3.10. The van der Waals surface area contributed by atoms with Crippen molar-refractivity contribution in [3.05, 3.63) is 18.0 Å². The van der Waals surface area contributed by atoms with Gasteiger partial charge in [-0.3, -0.25) is 9.48 Å². The van der Waals surface area contributed by atoms with E-state index in [1.165, 1.54) is 32.1 Å². The summed E-state index contributed by atoms with van der Waals surface area (Å²) in [4.78, 5) is 12.4. The summed E-state index contributed by atoms with van der Waals surface area (Å²) in [5, 5.41) is 10.4. The van der Waals surface area contributed by atoms with Gasteiger partial charge in [0.25, 0.3) is 0 Å². The number of nitrogens with one attached hydrogen (secondary N) is 2. The molecule has 0 saturated heterocycles. The molecular weight excluding hydrogens is 288 g/mol. The van der Waals surface area contributed by atoms with Crippen molar-refractivity contribution in [2.45, 2.75) is 51.1 Å². The lowest BCUT2D eigenvalue weighted by Crippen LogP contribution is -2.44. The second-order valence-corrected chi connectivity index (χ2v) is 5.86. The number of aromatic nitrogens is 2. The number of amides is 1. The van der Waals surface area contributed by atoms with Crippen LogP contribution in [-0.2, 0) is 11.8 Å². The number of hydrogen-bond donors (Lipinski definition) is 2. The first-order chi connectivity index (χ1) is 9.61. The van der Waals surface area contributed by atoms with Gasteiger partial charge in [-0.2, -0.15) is 5.10 Å². The minimum absolute atomic E-state index is 0. The molecule has 2 N–H and O–H groups in total. The monoisotopic (exact) mass is 314 g/mol. The van der Waals surface area contributed by atoms with Crippen LogP contribution in [0.3, 0.4) is 0 Å². The highest BCUT2D eigenvalue weighted by molar-refractivity contribution is 5.85. The molecule has 0 aromatic carbocycles. The van der Waals surface area contributed by atoms with Gasteiger partial charge in [-0.05, 0) is 32.7 Å². The quantitative estimate of drug-likeness (QED) is 0.876. The third-order valence-electron chi connectivity index (χ3n) is 4.34. The number of rotatable bonds is 5. The maximum Gasteiger partial charge on any atom is 0.242 e. The van der Waals surface area contributed by atoms with Gasteiger partial charge in [0, 0.05) is 24.8 Å². The predicted octanol–water partition coefficient (Wildman–Crippen LogP) is 2.19. The summed E-state index contributed by atoms with van der Waals surface area (Å²) in [5.74, 6) is 0.665. The van der Waals surface area contributed by atoms with E-state index in [4.69, 9.17) is 0 Å². The van der Waals surface area contributed by atoms with Gasteiger partial charge in [0.2, 0.25) is 5.91 Å². The average Bonchev–Trinajstić information content (AvgIpc) is 2.87. The van der Waals surface area contributed by atoms with Gasteiger partial charge in [-0.25, -0.2) is 0 Å². The molecule has 1 aliphatic rings. The molecule has 120 valence electrons. The van der Waals surface area contributed by atoms with Crippen molar-refractivity contribution in [1.82, 2.24) is 20.4 Å². The molecule has 1 aromatic heterocycles. The largest absolute Gasteiger partial charge is 0.352 e. The van der Waals surface area contributed by atoms with Crippen molar-refractivity contribution < 1.29 is 4.79 Å². The van der Waals surface area contributed by atoms with Gasteiger partial charge in [0.15, 0.2) is 0 Å².